The molecule has 0 atom stereocenters. The van der Waals surface area contributed by atoms with Crippen LogP contribution in [0.25, 0.3) is 5.57 Å². The number of aryl methyl sites for hydroxylation is 1. The molecule has 0 unspecified atom stereocenters. The second-order valence-electron chi connectivity index (χ2n) is 9.82. The Morgan fingerprint density at radius 3 is 2.24 bits per heavy atom. The summed E-state index contributed by atoms with van der Waals surface area (Å²) in [5.74, 6) is 0.772. The Morgan fingerprint density at radius 2 is 1.66 bits per heavy atom. The molecule has 1 fully saturated rings. The molecule has 0 aliphatic heterocycles. The molecular weight excluding hydrogens is 354 g/mol. The summed E-state index contributed by atoms with van der Waals surface area (Å²) < 4.78 is 5.57. The monoisotopic (exact) mass is 387 g/mol. The molecule has 1 aliphatic rings. The first kappa shape index (κ1) is 21.2. The van der Waals surface area contributed by atoms with Crippen molar-refractivity contribution in [1.82, 2.24) is 0 Å². The lowest BCUT2D eigenvalue weighted by Gasteiger charge is -2.43. The van der Waals surface area contributed by atoms with Crippen molar-refractivity contribution >= 4 is 5.57 Å². The van der Waals surface area contributed by atoms with E-state index < -0.39 is 0 Å². The molecule has 0 N–H and O–H groups in total. The van der Waals surface area contributed by atoms with Gasteiger partial charge in [0.1, 0.15) is 11.8 Å². The van der Waals surface area contributed by atoms with Gasteiger partial charge in [0.2, 0.25) is 0 Å². The number of benzene rings is 2. The van der Waals surface area contributed by atoms with E-state index in [0.29, 0.717) is 10.8 Å². The van der Waals surface area contributed by atoms with Gasteiger partial charge in [0.15, 0.2) is 6.61 Å². The van der Waals surface area contributed by atoms with Crippen molar-refractivity contribution in [3.05, 3.63) is 70.8 Å². The minimum absolute atomic E-state index is 0.0809. The molecular formula is C27H33NO. The summed E-state index contributed by atoms with van der Waals surface area (Å²) in [6.07, 6.45) is 4.41. The highest BCUT2D eigenvalue weighted by Crippen LogP contribution is 2.51. The molecule has 2 aromatic rings. The number of rotatable bonds is 5. The van der Waals surface area contributed by atoms with Crippen molar-refractivity contribution in [3.63, 3.8) is 0 Å². The average molecular weight is 388 g/mol. The third-order valence-electron chi connectivity index (χ3n) is 5.79. The Balaban J connectivity index is 2.19. The van der Waals surface area contributed by atoms with E-state index in [4.69, 9.17) is 10.00 Å². The van der Waals surface area contributed by atoms with Gasteiger partial charge in [-0.3, -0.25) is 0 Å². The molecule has 0 heterocycles. The number of allylic oxidation sites excluding steroid dienone is 1. The van der Waals surface area contributed by atoms with E-state index in [9.17, 15) is 0 Å². The lowest BCUT2D eigenvalue weighted by atomic mass is 9.62. The zero-order valence-corrected chi connectivity index (χ0v) is 18.5. The van der Waals surface area contributed by atoms with Crippen LogP contribution in [0.1, 0.15) is 70.6 Å². The maximum absolute atomic E-state index is 8.83. The molecule has 0 saturated heterocycles. The van der Waals surface area contributed by atoms with Crippen LogP contribution in [0.15, 0.2) is 54.1 Å². The van der Waals surface area contributed by atoms with Crippen LogP contribution in [0.2, 0.25) is 0 Å². The third kappa shape index (κ3) is 5.10. The highest BCUT2D eigenvalue weighted by molar-refractivity contribution is 5.84. The number of hydrogen-bond donors (Lipinski definition) is 0. The van der Waals surface area contributed by atoms with Crippen molar-refractivity contribution in [2.75, 3.05) is 6.61 Å². The Labute approximate surface area is 176 Å². The van der Waals surface area contributed by atoms with E-state index in [1.165, 1.54) is 28.7 Å². The highest BCUT2D eigenvalue weighted by Gasteiger charge is 2.37. The van der Waals surface area contributed by atoms with E-state index in [1.54, 1.807) is 5.57 Å². The smallest absolute Gasteiger partial charge is 0.174 e. The summed E-state index contributed by atoms with van der Waals surface area (Å²) in [5, 5.41) is 8.83. The maximum Gasteiger partial charge on any atom is 0.174 e. The Hall–Kier alpha value is -2.53. The minimum atomic E-state index is 0.0809. The molecule has 29 heavy (non-hydrogen) atoms. The van der Waals surface area contributed by atoms with Gasteiger partial charge in [-0.25, -0.2) is 0 Å². The van der Waals surface area contributed by atoms with E-state index in [-0.39, 0.29) is 6.61 Å². The molecule has 0 spiro atoms. The van der Waals surface area contributed by atoms with Gasteiger partial charge < -0.3 is 4.74 Å². The fourth-order valence-electron chi connectivity index (χ4n) is 5.28. The van der Waals surface area contributed by atoms with Gasteiger partial charge in [-0.05, 0) is 70.9 Å². The number of nitrogens with zero attached hydrogens (tertiary/aromatic N) is 1. The molecule has 2 aromatic carbocycles. The lowest BCUT2D eigenvalue weighted by molar-refractivity contribution is 0.154. The van der Waals surface area contributed by atoms with E-state index in [0.717, 1.165) is 25.0 Å². The SMILES string of the molecule is CCc1cc(OCC#N)ccc1C(=C1CC(C)(C)CC(C)(C)C1)c1ccccc1. The van der Waals surface area contributed by atoms with Gasteiger partial charge >= 0.3 is 0 Å². The molecule has 152 valence electrons. The zero-order chi connectivity index (χ0) is 21.1. The van der Waals surface area contributed by atoms with Crippen molar-refractivity contribution in [1.29, 1.82) is 5.26 Å². The van der Waals surface area contributed by atoms with Crippen LogP contribution in [0, 0.1) is 22.2 Å². The fourth-order valence-corrected chi connectivity index (χ4v) is 5.28. The maximum atomic E-state index is 8.83. The molecule has 0 amide bonds. The second kappa shape index (κ2) is 8.46. The van der Waals surface area contributed by atoms with Gasteiger partial charge in [0, 0.05) is 0 Å². The van der Waals surface area contributed by atoms with Crippen molar-refractivity contribution in [2.45, 2.75) is 60.3 Å². The fraction of sp³-hybridized carbons (Fsp3) is 0.444. The summed E-state index contributed by atoms with van der Waals surface area (Å²) in [6.45, 7) is 11.9. The largest absolute Gasteiger partial charge is 0.479 e. The van der Waals surface area contributed by atoms with Gasteiger partial charge in [-0.2, -0.15) is 5.26 Å². The molecule has 0 aromatic heterocycles. The summed E-state index contributed by atoms with van der Waals surface area (Å²) in [6, 6.07) is 19.2. The molecule has 2 heteroatoms. The van der Waals surface area contributed by atoms with Crippen LogP contribution in [-0.2, 0) is 6.42 Å². The van der Waals surface area contributed by atoms with E-state index in [1.807, 2.05) is 6.07 Å². The van der Waals surface area contributed by atoms with Crippen LogP contribution in [-0.4, -0.2) is 6.61 Å². The number of ether oxygens (including phenoxy) is 1. The standard InChI is InChI=1S/C27H33NO/c1-6-20-16-23(29-15-14-28)12-13-24(20)25(21-10-8-7-9-11-21)22-17-26(2,3)19-27(4,5)18-22/h7-13,16H,6,15,17-19H2,1-5H3. The Bertz CT molecular complexity index is 911. The first-order valence-corrected chi connectivity index (χ1v) is 10.7. The van der Waals surface area contributed by atoms with Gasteiger partial charge in [-0.1, -0.05) is 76.6 Å². The first-order chi connectivity index (χ1) is 13.7. The molecule has 0 radical (unpaired) electrons. The van der Waals surface area contributed by atoms with Gasteiger partial charge in [0.25, 0.3) is 0 Å². The second-order valence-corrected chi connectivity index (χ2v) is 9.82. The average Bonchev–Trinajstić information content (AvgIpc) is 2.65. The molecule has 1 saturated carbocycles. The first-order valence-electron chi connectivity index (χ1n) is 10.7. The van der Waals surface area contributed by atoms with Crippen LogP contribution in [0.5, 0.6) is 5.75 Å². The summed E-state index contributed by atoms with van der Waals surface area (Å²) in [7, 11) is 0. The van der Waals surface area contributed by atoms with Gasteiger partial charge in [0.05, 0.1) is 0 Å². The number of hydrogen-bond acceptors (Lipinski definition) is 2. The normalized spacial score (nSPS) is 17.4. The lowest BCUT2D eigenvalue weighted by Crippen LogP contribution is -2.30. The minimum Gasteiger partial charge on any atom is -0.479 e. The summed E-state index contributed by atoms with van der Waals surface area (Å²) >= 11 is 0. The Morgan fingerprint density at radius 1 is 1.00 bits per heavy atom. The van der Waals surface area contributed by atoms with Crippen LogP contribution in [0.3, 0.4) is 0 Å². The van der Waals surface area contributed by atoms with Crippen LogP contribution in [0.4, 0.5) is 0 Å². The summed E-state index contributed by atoms with van der Waals surface area (Å²) in [5.41, 5.74) is 7.38. The topological polar surface area (TPSA) is 33.0 Å². The predicted molar refractivity (Wildman–Crippen MR) is 121 cm³/mol. The van der Waals surface area contributed by atoms with Crippen LogP contribution < -0.4 is 4.74 Å². The predicted octanol–water partition coefficient (Wildman–Crippen LogP) is 7.19. The molecule has 0 bridgehead atoms. The third-order valence-corrected chi connectivity index (χ3v) is 5.79. The molecule has 1 aliphatic carbocycles. The van der Waals surface area contributed by atoms with Crippen molar-refractivity contribution < 1.29 is 4.74 Å². The van der Waals surface area contributed by atoms with Crippen LogP contribution >= 0.6 is 0 Å². The van der Waals surface area contributed by atoms with Crippen molar-refractivity contribution in [3.8, 4) is 11.8 Å². The Kier molecular flexibility index (Phi) is 6.18. The van der Waals surface area contributed by atoms with Crippen molar-refractivity contribution in [2.24, 2.45) is 10.8 Å². The molecule has 3 rings (SSSR count). The quantitative estimate of drug-likeness (QED) is 0.544. The molecule has 2 nitrogen and oxygen atoms in total. The summed E-state index contributed by atoms with van der Waals surface area (Å²) in [4.78, 5) is 0. The zero-order valence-electron chi connectivity index (χ0n) is 18.5. The highest BCUT2D eigenvalue weighted by atomic mass is 16.5. The van der Waals surface area contributed by atoms with E-state index >= 15 is 0 Å². The number of nitriles is 1. The van der Waals surface area contributed by atoms with E-state index in [2.05, 4.69) is 83.2 Å². The van der Waals surface area contributed by atoms with Gasteiger partial charge in [-0.15, -0.1) is 0 Å².